The molecule has 0 amide bonds. The van der Waals surface area contributed by atoms with Crippen LogP contribution >= 0.6 is 11.8 Å². The molecule has 1 aromatic carbocycles. The Bertz CT molecular complexity index is 587. The van der Waals surface area contributed by atoms with Gasteiger partial charge in [-0.1, -0.05) is 49.9 Å². The lowest BCUT2D eigenvalue weighted by atomic mass is 10.00. The van der Waals surface area contributed by atoms with Crippen molar-refractivity contribution in [2.24, 2.45) is 7.05 Å². The Labute approximate surface area is 124 Å². The number of thioether (sulfide) groups is 1. The van der Waals surface area contributed by atoms with Crippen molar-refractivity contribution in [3.63, 3.8) is 0 Å². The van der Waals surface area contributed by atoms with Crippen molar-refractivity contribution >= 4 is 17.5 Å². The summed E-state index contributed by atoms with van der Waals surface area (Å²) in [5.41, 5.74) is 2.02. The first-order valence-electron chi connectivity index (χ1n) is 6.77. The van der Waals surface area contributed by atoms with E-state index in [0.717, 1.165) is 10.7 Å². The number of aryl methyl sites for hydroxylation is 1. The number of carbonyl (C=O) groups is 1. The SMILES string of the molecule is CC(C)c1ccc(C(=O)[C@H](C)Sc2nccn2C)cc1. The van der Waals surface area contributed by atoms with E-state index in [2.05, 4.69) is 18.8 Å². The topological polar surface area (TPSA) is 34.9 Å². The van der Waals surface area contributed by atoms with Crippen molar-refractivity contribution in [3.8, 4) is 0 Å². The van der Waals surface area contributed by atoms with E-state index in [0.29, 0.717) is 5.92 Å². The molecule has 0 saturated carbocycles. The van der Waals surface area contributed by atoms with Crippen molar-refractivity contribution in [2.45, 2.75) is 37.1 Å². The van der Waals surface area contributed by atoms with Crippen molar-refractivity contribution < 1.29 is 4.79 Å². The Morgan fingerprint density at radius 3 is 2.35 bits per heavy atom. The van der Waals surface area contributed by atoms with Gasteiger partial charge >= 0.3 is 0 Å². The molecule has 3 nitrogen and oxygen atoms in total. The van der Waals surface area contributed by atoms with Crippen LogP contribution in [0.4, 0.5) is 0 Å². The molecule has 0 N–H and O–H groups in total. The second kappa shape index (κ2) is 6.27. The number of carbonyl (C=O) groups excluding carboxylic acids is 1. The van der Waals surface area contributed by atoms with E-state index >= 15 is 0 Å². The molecule has 2 rings (SSSR count). The standard InChI is InChI=1S/C16H20N2OS/c1-11(2)13-5-7-14(8-6-13)15(19)12(3)20-16-17-9-10-18(16)4/h5-12H,1-4H3/t12-/m0/s1. The number of rotatable bonds is 5. The maximum absolute atomic E-state index is 12.4. The van der Waals surface area contributed by atoms with Crippen molar-refractivity contribution in [2.75, 3.05) is 0 Å². The molecule has 2 aromatic rings. The third kappa shape index (κ3) is 3.31. The second-order valence-corrected chi connectivity index (χ2v) is 6.53. The monoisotopic (exact) mass is 288 g/mol. The highest BCUT2D eigenvalue weighted by Gasteiger charge is 2.18. The molecule has 4 heteroatoms. The van der Waals surface area contributed by atoms with Crippen LogP contribution in [0.25, 0.3) is 0 Å². The highest BCUT2D eigenvalue weighted by molar-refractivity contribution is 8.00. The lowest BCUT2D eigenvalue weighted by molar-refractivity contribution is 0.0994. The van der Waals surface area contributed by atoms with Crippen molar-refractivity contribution in [1.82, 2.24) is 9.55 Å². The first-order valence-corrected chi connectivity index (χ1v) is 7.65. The molecule has 0 unspecified atom stereocenters. The molecule has 0 saturated heterocycles. The number of ketones is 1. The Morgan fingerprint density at radius 1 is 1.20 bits per heavy atom. The fourth-order valence-electron chi connectivity index (χ4n) is 1.94. The average Bonchev–Trinajstić information content (AvgIpc) is 2.83. The zero-order chi connectivity index (χ0) is 14.7. The number of imidazole rings is 1. The molecule has 0 aliphatic heterocycles. The summed E-state index contributed by atoms with van der Waals surface area (Å²) in [6, 6.07) is 7.92. The minimum atomic E-state index is -0.138. The largest absolute Gasteiger partial charge is 0.329 e. The van der Waals surface area contributed by atoms with E-state index in [9.17, 15) is 4.79 Å². The third-order valence-electron chi connectivity index (χ3n) is 3.29. The maximum atomic E-state index is 12.4. The number of nitrogens with zero attached hydrogens (tertiary/aromatic N) is 2. The van der Waals surface area contributed by atoms with Gasteiger partial charge in [-0.25, -0.2) is 4.98 Å². The molecule has 1 atom stereocenters. The lowest BCUT2D eigenvalue weighted by Gasteiger charge is -2.11. The second-order valence-electron chi connectivity index (χ2n) is 5.22. The number of hydrogen-bond donors (Lipinski definition) is 0. The van der Waals surface area contributed by atoms with Crippen LogP contribution in [0.1, 0.15) is 42.6 Å². The molecular formula is C16H20N2OS. The van der Waals surface area contributed by atoms with Crippen LogP contribution in [0, 0.1) is 0 Å². The van der Waals surface area contributed by atoms with E-state index in [1.807, 2.05) is 49.0 Å². The number of hydrogen-bond acceptors (Lipinski definition) is 3. The van der Waals surface area contributed by atoms with Crippen LogP contribution < -0.4 is 0 Å². The van der Waals surface area contributed by atoms with Gasteiger partial charge in [-0.2, -0.15) is 0 Å². The predicted molar refractivity (Wildman–Crippen MR) is 83.4 cm³/mol. The van der Waals surface area contributed by atoms with Crippen LogP contribution in [0.15, 0.2) is 41.8 Å². The zero-order valence-corrected chi connectivity index (χ0v) is 13.1. The van der Waals surface area contributed by atoms with E-state index in [4.69, 9.17) is 0 Å². The molecule has 1 heterocycles. The van der Waals surface area contributed by atoms with Gasteiger partial charge in [0, 0.05) is 25.0 Å². The predicted octanol–water partition coefficient (Wildman–Crippen LogP) is 3.91. The number of Topliss-reactive ketones (excluding diaryl/α,β-unsaturated/α-hetero) is 1. The summed E-state index contributed by atoms with van der Waals surface area (Å²) in [5.74, 6) is 0.631. The Hall–Kier alpha value is -1.55. The molecule has 0 aliphatic rings. The molecule has 106 valence electrons. The average molecular weight is 288 g/mol. The Morgan fingerprint density at radius 2 is 1.85 bits per heavy atom. The van der Waals surface area contributed by atoms with Gasteiger partial charge in [-0.3, -0.25) is 4.79 Å². The summed E-state index contributed by atoms with van der Waals surface area (Å²) >= 11 is 1.49. The van der Waals surface area contributed by atoms with Gasteiger partial charge in [0.15, 0.2) is 10.9 Å². The molecule has 0 fully saturated rings. The van der Waals surface area contributed by atoms with E-state index in [1.54, 1.807) is 6.20 Å². The van der Waals surface area contributed by atoms with Crippen molar-refractivity contribution in [3.05, 3.63) is 47.8 Å². The fourth-order valence-corrected chi connectivity index (χ4v) is 2.85. The van der Waals surface area contributed by atoms with E-state index in [-0.39, 0.29) is 11.0 Å². The Balaban J connectivity index is 2.08. The minimum Gasteiger partial charge on any atom is -0.329 e. The molecule has 0 aliphatic carbocycles. The highest BCUT2D eigenvalue weighted by Crippen LogP contribution is 2.24. The smallest absolute Gasteiger partial charge is 0.175 e. The highest BCUT2D eigenvalue weighted by atomic mass is 32.2. The molecule has 0 spiro atoms. The number of aromatic nitrogens is 2. The fraction of sp³-hybridized carbons (Fsp3) is 0.375. The van der Waals surface area contributed by atoms with Gasteiger partial charge in [0.25, 0.3) is 0 Å². The third-order valence-corrected chi connectivity index (χ3v) is 4.46. The van der Waals surface area contributed by atoms with Gasteiger partial charge in [-0.05, 0) is 18.4 Å². The first-order chi connectivity index (χ1) is 9.49. The van der Waals surface area contributed by atoms with Gasteiger partial charge in [0.2, 0.25) is 0 Å². The Kier molecular flexibility index (Phi) is 4.65. The summed E-state index contributed by atoms with van der Waals surface area (Å²) < 4.78 is 1.93. The van der Waals surface area contributed by atoms with Gasteiger partial charge < -0.3 is 4.57 Å². The van der Waals surface area contributed by atoms with Crippen LogP contribution in [0.2, 0.25) is 0 Å². The minimum absolute atomic E-state index is 0.138. The molecule has 20 heavy (non-hydrogen) atoms. The summed E-state index contributed by atoms with van der Waals surface area (Å²) in [5, 5.41) is 0.727. The van der Waals surface area contributed by atoms with Gasteiger partial charge in [0.1, 0.15) is 0 Å². The van der Waals surface area contributed by atoms with E-state index in [1.165, 1.54) is 17.3 Å². The van der Waals surface area contributed by atoms with Gasteiger partial charge in [0.05, 0.1) is 5.25 Å². The molecule has 1 aromatic heterocycles. The maximum Gasteiger partial charge on any atom is 0.175 e. The number of benzene rings is 1. The van der Waals surface area contributed by atoms with Crippen LogP contribution in [0.5, 0.6) is 0 Å². The summed E-state index contributed by atoms with van der Waals surface area (Å²) in [4.78, 5) is 16.6. The van der Waals surface area contributed by atoms with Crippen LogP contribution in [-0.4, -0.2) is 20.6 Å². The van der Waals surface area contributed by atoms with Crippen molar-refractivity contribution in [1.29, 1.82) is 0 Å². The lowest BCUT2D eigenvalue weighted by Crippen LogP contribution is -2.14. The first kappa shape index (κ1) is 14.9. The normalized spacial score (nSPS) is 12.7. The summed E-state index contributed by atoms with van der Waals surface area (Å²) in [6.45, 7) is 6.23. The van der Waals surface area contributed by atoms with Crippen LogP contribution in [-0.2, 0) is 7.05 Å². The quantitative estimate of drug-likeness (QED) is 0.618. The van der Waals surface area contributed by atoms with Gasteiger partial charge in [-0.15, -0.1) is 0 Å². The molecule has 0 radical (unpaired) electrons. The zero-order valence-electron chi connectivity index (χ0n) is 12.3. The molecular weight excluding hydrogens is 268 g/mol. The summed E-state index contributed by atoms with van der Waals surface area (Å²) in [6.07, 6.45) is 3.63. The summed E-state index contributed by atoms with van der Waals surface area (Å²) in [7, 11) is 1.93. The molecule has 0 bridgehead atoms. The van der Waals surface area contributed by atoms with E-state index < -0.39 is 0 Å². The van der Waals surface area contributed by atoms with Crippen LogP contribution in [0.3, 0.4) is 0 Å².